The van der Waals surface area contributed by atoms with E-state index in [0.717, 1.165) is 16.3 Å². The molecule has 1 atom stereocenters. The molecule has 0 saturated heterocycles. The van der Waals surface area contributed by atoms with Crippen LogP contribution in [0.15, 0.2) is 30.5 Å². The fourth-order valence-electron chi connectivity index (χ4n) is 2.13. The van der Waals surface area contributed by atoms with Gasteiger partial charge < -0.3 is 9.64 Å². The number of hydrazine groups is 1. The van der Waals surface area contributed by atoms with E-state index >= 15 is 0 Å². The van der Waals surface area contributed by atoms with Crippen molar-refractivity contribution < 1.29 is 9.53 Å². The maximum absolute atomic E-state index is 12.3. The third kappa shape index (κ3) is 2.21. The Bertz CT molecular complexity index is 643. The zero-order valence-electron chi connectivity index (χ0n) is 10.9. The molecule has 1 aliphatic rings. The fourth-order valence-corrected chi connectivity index (χ4v) is 2.84. The van der Waals surface area contributed by atoms with Gasteiger partial charge in [0.05, 0.1) is 12.2 Å². The molecule has 1 unspecified atom stereocenters. The van der Waals surface area contributed by atoms with Crippen LogP contribution in [0.3, 0.4) is 0 Å². The molecule has 1 aromatic heterocycles. The molecule has 3 rings (SSSR count). The predicted molar refractivity (Wildman–Crippen MR) is 77.6 cm³/mol. The van der Waals surface area contributed by atoms with Crippen LogP contribution in [0.25, 0.3) is 0 Å². The number of nitrogens with zero attached hydrogens (tertiary/aromatic N) is 2. The number of nitrogens with two attached hydrogens (primary N) is 1. The van der Waals surface area contributed by atoms with E-state index in [1.165, 1.54) is 11.3 Å². The van der Waals surface area contributed by atoms with Gasteiger partial charge in [-0.3, -0.25) is 10.2 Å². The Hall–Kier alpha value is -2.12. The van der Waals surface area contributed by atoms with Gasteiger partial charge in [0.15, 0.2) is 11.2 Å². The van der Waals surface area contributed by atoms with Gasteiger partial charge >= 0.3 is 0 Å². The van der Waals surface area contributed by atoms with Crippen molar-refractivity contribution in [2.75, 3.05) is 10.3 Å². The summed E-state index contributed by atoms with van der Waals surface area (Å²) in [5.41, 5.74) is 3.29. The van der Waals surface area contributed by atoms with E-state index < -0.39 is 6.10 Å². The van der Waals surface area contributed by atoms with Crippen LogP contribution in [-0.4, -0.2) is 17.0 Å². The van der Waals surface area contributed by atoms with Crippen molar-refractivity contribution in [3.8, 4) is 5.75 Å². The Morgan fingerprint density at radius 2 is 2.30 bits per heavy atom. The van der Waals surface area contributed by atoms with Crippen LogP contribution in [0.4, 0.5) is 10.8 Å². The Morgan fingerprint density at radius 1 is 1.50 bits per heavy atom. The van der Waals surface area contributed by atoms with E-state index in [2.05, 4.69) is 10.4 Å². The van der Waals surface area contributed by atoms with Crippen LogP contribution in [-0.2, 0) is 11.3 Å². The number of carbonyl (C=O) groups excluding carboxylic acids is 1. The highest BCUT2D eigenvalue weighted by Crippen LogP contribution is 2.35. The first kappa shape index (κ1) is 12.9. The van der Waals surface area contributed by atoms with Gasteiger partial charge in [-0.1, -0.05) is 23.5 Å². The van der Waals surface area contributed by atoms with Gasteiger partial charge in [-0.2, -0.15) is 0 Å². The quantitative estimate of drug-likeness (QED) is 0.665. The minimum absolute atomic E-state index is 0.0562. The van der Waals surface area contributed by atoms with Gasteiger partial charge in [0.1, 0.15) is 5.75 Å². The molecule has 0 fully saturated rings. The van der Waals surface area contributed by atoms with E-state index in [-0.39, 0.29) is 5.91 Å². The first-order valence-electron chi connectivity index (χ1n) is 6.17. The summed E-state index contributed by atoms with van der Waals surface area (Å²) in [6.07, 6.45) is 1.24. The number of ether oxygens (including phenoxy) is 1. The Kier molecular flexibility index (Phi) is 3.29. The molecule has 2 heterocycles. The average Bonchev–Trinajstić information content (AvgIpc) is 2.91. The third-order valence-corrected chi connectivity index (χ3v) is 3.98. The van der Waals surface area contributed by atoms with Crippen molar-refractivity contribution >= 4 is 28.1 Å². The summed E-state index contributed by atoms with van der Waals surface area (Å²) in [6.45, 7) is 2.22. The van der Waals surface area contributed by atoms with E-state index in [9.17, 15) is 4.79 Å². The molecule has 20 heavy (non-hydrogen) atoms. The van der Waals surface area contributed by atoms with Crippen molar-refractivity contribution in [2.45, 2.75) is 19.6 Å². The van der Waals surface area contributed by atoms with Crippen LogP contribution in [0.5, 0.6) is 5.75 Å². The van der Waals surface area contributed by atoms with E-state index in [1.807, 2.05) is 24.3 Å². The molecule has 3 N–H and O–H groups in total. The van der Waals surface area contributed by atoms with Gasteiger partial charge in [-0.05, 0) is 19.1 Å². The lowest BCUT2D eigenvalue weighted by Gasteiger charge is -2.32. The maximum Gasteiger partial charge on any atom is 0.268 e. The number of rotatable bonds is 3. The summed E-state index contributed by atoms with van der Waals surface area (Å²) in [5, 5.41) is 0.627. The number of hydrogen-bond donors (Lipinski definition) is 2. The van der Waals surface area contributed by atoms with Crippen LogP contribution >= 0.6 is 11.3 Å². The smallest absolute Gasteiger partial charge is 0.268 e. The highest BCUT2D eigenvalue weighted by atomic mass is 32.1. The van der Waals surface area contributed by atoms with Crippen LogP contribution in [0.1, 0.15) is 11.8 Å². The number of amides is 1. The van der Waals surface area contributed by atoms with Crippen LogP contribution < -0.4 is 20.9 Å². The second-order valence-electron chi connectivity index (χ2n) is 4.43. The molecule has 0 bridgehead atoms. The molecular formula is C13H14N4O2S. The molecule has 1 aromatic carbocycles. The van der Waals surface area contributed by atoms with Crippen LogP contribution in [0.2, 0.25) is 0 Å². The van der Waals surface area contributed by atoms with Crippen molar-refractivity contribution in [1.82, 2.24) is 4.98 Å². The van der Waals surface area contributed by atoms with Crippen molar-refractivity contribution in [2.24, 2.45) is 5.84 Å². The van der Waals surface area contributed by atoms with E-state index in [4.69, 9.17) is 10.6 Å². The molecule has 0 saturated carbocycles. The number of fused-ring (bicyclic) bond motifs is 1. The minimum Gasteiger partial charge on any atom is -0.479 e. The zero-order valence-corrected chi connectivity index (χ0v) is 11.7. The van der Waals surface area contributed by atoms with Gasteiger partial charge in [0.25, 0.3) is 5.91 Å². The number of para-hydroxylation sites is 2. The largest absolute Gasteiger partial charge is 0.479 e. The maximum atomic E-state index is 12.3. The monoisotopic (exact) mass is 290 g/mol. The summed E-state index contributed by atoms with van der Waals surface area (Å²) in [7, 11) is 0. The molecule has 104 valence electrons. The number of benzene rings is 1. The van der Waals surface area contributed by atoms with Gasteiger partial charge in [0, 0.05) is 11.1 Å². The zero-order chi connectivity index (χ0) is 14.1. The first-order chi connectivity index (χ1) is 9.69. The summed E-state index contributed by atoms with van der Waals surface area (Å²) in [6, 6.07) is 7.52. The lowest BCUT2D eigenvalue weighted by molar-refractivity contribution is -0.125. The molecule has 7 heteroatoms. The Balaban J connectivity index is 1.92. The first-order valence-corrected chi connectivity index (χ1v) is 6.99. The van der Waals surface area contributed by atoms with Crippen molar-refractivity contribution in [3.63, 3.8) is 0 Å². The minimum atomic E-state index is -0.482. The van der Waals surface area contributed by atoms with E-state index in [0.29, 0.717) is 11.7 Å². The van der Waals surface area contributed by atoms with Crippen LogP contribution in [0, 0.1) is 0 Å². The van der Waals surface area contributed by atoms with Gasteiger partial charge in [-0.15, -0.1) is 0 Å². The number of thiazole rings is 1. The number of hydrogen-bond acceptors (Lipinski definition) is 6. The van der Waals surface area contributed by atoms with Gasteiger partial charge in [-0.25, -0.2) is 10.8 Å². The average molecular weight is 290 g/mol. The normalized spacial score (nSPS) is 17.6. The molecule has 0 spiro atoms. The summed E-state index contributed by atoms with van der Waals surface area (Å²) < 4.78 is 5.60. The second kappa shape index (κ2) is 5.10. The van der Waals surface area contributed by atoms with E-state index in [1.54, 1.807) is 18.0 Å². The topological polar surface area (TPSA) is 80.5 Å². The van der Waals surface area contributed by atoms with Gasteiger partial charge in [0.2, 0.25) is 0 Å². The molecular weight excluding hydrogens is 276 g/mol. The lowest BCUT2D eigenvalue weighted by atomic mass is 10.2. The molecule has 2 aromatic rings. The van der Waals surface area contributed by atoms with Crippen molar-refractivity contribution in [3.05, 3.63) is 35.3 Å². The highest BCUT2D eigenvalue weighted by molar-refractivity contribution is 7.15. The number of nitrogen functional groups attached to an aromatic ring is 1. The number of aromatic nitrogens is 1. The number of carbonyl (C=O) groups is 1. The standard InChI is InChI=1S/C13H14N4O2S/c1-8-12(18)17(7-9-6-15-13(16-14)20-9)10-4-2-3-5-11(10)19-8/h2-6,8H,7,14H2,1H3,(H,15,16). The summed E-state index contributed by atoms with van der Waals surface area (Å²) >= 11 is 1.42. The molecule has 0 radical (unpaired) electrons. The molecule has 1 aliphatic heterocycles. The van der Waals surface area contributed by atoms with Crippen molar-refractivity contribution in [1.29, 1.82) is 0 Å². The third-order valence-electron chi connectivity index (χ3n) is 3.06. The Labute approximate surface area is 120 Å². The lowest BCUT2D eigenvalue weighted by Crippen LogP contribution is -2.43. The number of anilines is 2. The second-order valence-corrected chi connectivity index (χ2v) is 5.54. The molecule has 6 nitrogen and oxygen atoms in total. The number of nitrogens with one attached hydrogen (secondary N) is 1. The summed E-state index contributed by atoms with van der Waals surface area (Å²) in [5.74, 6) is 5.99. The summed E-state index contributed by atoms with van der Waals surface area (Å²) in [4.78, 5) is 19.1. The highest BCUT2D eigenvalue weighted by Gasteiger charge is 2.31. The SMILES string of the molecule is CC1Oc2ccccc2N(Cc2cnc(NN)s2)C1=O. The molecule has 0 aliphatic carbocycles. The predicted octanol–water partition coefficient (Wildman–Crippen LogP) is 1.74. The fraction of sp³-hybridized carbons (Fsp3) is 0.231. The Morgan fingerprint density at radius 3 is 3.05 bits per heavy atom. The molecule has 1 amide bonds.